The Balaban J connectivity index is 2.95. The molecule has 8 heteroatoms. The second-order valence-electron chi connectivity index (χ2n) is 2.66. The maximum Gasteiger partial charge on any atom is 0.198 e. The van der Waals surface area contributed by atoms with Crippen LogP contribution in [0.15, 0.2) is 5.11 Å². The fourth-order valence-electron chi connectivity index (χ4n) is 1.12. The maximum atomic E-state index is 12.9. The first-order valence-corrected chi connectivity index (χ1v) is 3.50. The zero-order valence-corrected chi connectivity index (χ0v) is 6.54. The van der Waals surface area contributed by atoms with Crippen LogP contribution in [0, 0.1) is 0 Å². The van der Waals surface area contributed by atoms with Crippen LogP contribution in [-0.2, 0) is 4.74 Å². The number of aliphatic hydroxyl groups excluding tert-OH is 2. The molecule has 4 unspecified atom stereocenters. The van der Waals surface area contributed by atoms with Gasteiger partial charge in [0.05, 0.1) is 12.6 Å². The van der Waals surface area contributed by atoms with Gasteiger partial charge in [0.1, 0.15) is 20.1 Å². The largest absolute Gasteiger partial charge is 0.393 e. The summed E-state index contributed by atoms with van der Waals surface area (Å²) in [4.78, 5) is 2.34. The molecule has 0 aromatic rings. The Morgan fingerprint density at radius 3 is 2.69 bits per heavy atom. The summed E-state index contributed by atoms with van der Waals surface area (Å²) in [5.74, 6) is 0. The summed E-state index contributed by atoms with van der Waals surface area (Å²) in [5, 5.41) is 21.0. The zero-order chi connectivity index (χ0) is 10.1. The molecule has 6 nitrogen and oxygen atoms in total. The highest BCUT2D eigenvalue weighted by molar-refractivity contribution is 6.11. The molecule has 2 radical (unpaired) electrons. The van der Waals surface area contributed by atoms with E-state index in [4.69, 9.17) is 18.5 Å². The van der Waals surface area contributed by atoms with Crippen LogP contribution in [0.4, 0.5) is 4.39 Å². The van der Waals surface area contributed by atoms with Gasteiger partial charge in [0.15, 0.2) is 5.72 Å². The van der Waals surface area contributed by atoms with E-state index in [0.29, 0.717) is 0 Å². The van der Waals surface area contributed by atoms with Gasteiger partial charge in [-0.15, -0.1) is 0 Å². The highest BCUT2D eigenvalue weighted by Crippen LogP contribution is 2.32. The molecule has 1 fully saturated rings. The SMILES string of the molecule is [B]C1OC(CO)(N=[N+]=[N-])C(O)C1F. The minimum Gasteiger partial charge on any atom is -0.393 e. The van der Waals surface area contributed by atoms with Gasteiger partial charge in [0.25, 0.3) is 0 Å². The van der Waals surface area contributed by atoms with Gasteiger partial charge in [-0.25, -0.2) is 4.39 Å². The Kier molecular flexibility index (Phi) is 2.77. The van der Waals surface area contributed by atoms with Crippen molar-refractivity contribution in [3.8, 4) is 0 Å². The summed E-state index contributed by atoms with van der Waals surface area (Å²) in [6, 6.07) is -1.40. The number of halogens is 1. The Hall–Kier alpha value is -0.815. The number of alkyl halides is 1. The van der Waals surface area contributed by atoms with Crippen molar-refractivity contribution in [1.29, 1.82) is 0 Å². The molecule has 70 valence electrons. The van der Waals surface area contributed by atoms with Crippen molar-refractivity contribution in [2.24, 2.45) is 5.11 Å². The van der Waals surface area contributed by atoms with Crippen molar-refractivity contribution in [3.05, 3.63) is 10.4 Å². The monoisotopic (exact) mass is 187 g/mol. The highest BCUT2D eigenvalue weighted by Gasteiger charge is 2.52. The summed E-state index contributed by atoms with van der Waals surface area (Å²) in [6.07, 6.45) is -3.62. The van der Waals surface area contributed by atoms with Crippen molar-refractivity contribution in [3.63, 3.8) is 0 Å². The van der Waals surface area contributed by atoms with Crippen LogP contribution in [0.5, 0.6) is 0 Å². The topological polar surface area (TPSA) is 98.5 Å². The number of azide groups is 1. The van der Waals surface area contributed by atoms with Gasteiger partial charge in [-0.1, -0.05) is 5.11 Å². The predicted octanol–water partition coefficient (Wildman–Crippen LogP) is -0.791. The van der Waals surface area contributed by atoms with Crippen LogP contribution in [0.1, 0.15) is 0 Å². The second kappa shape index (κ2) is 3.51. The van der Waals surface area contributed by atoms with Gasteiger partial charge in [0.2, 0.25) is 0 Å². The lowest BCUT2D eigenvalue weighted by atomic mass is 9.93. The van der Waals surface area contributed by atoms with Gasteiger partial charge in [-0.05, 0) is 5.53 Å². The molecule has 1 aliphatic heterocycles. The van der Waals surface area contributed by atoms with E-state index in [1.807, 2.05) is 0 Å². The first kappa shape index (κ1) is 10.3. The summed E-state index contributed by atoms with van der Waals surface area (Å²) < 4.78 is 17.6. The van der Waals surface area contributed by atoms with Crippen LogP contribution in [-0.4, -0.2) is 48.7 Å². The third-order valence-corrected chi connectivity index (χ3v) is 1.86. The number of nitrogens with zero attached hydrogens (tertiary/aromatic N) is 3. The van der Waals surface area contributed by atoms with Crippen LogP contribution in [0.3, 0.4) is 0 Å². The van der Waals surface area contributed by atoms with Crippen LogP contribution < -0.4 is 0 Å². The third-order valence-electron chi connectivity index (χ3n) is 1.86. The third kappa shape index (κ3) is 1.49. The van der Waals surface area contributed by atoms with Crippen molar-refractivity contribution in [1.82, 2.24) is 0 Å². The first-order valence-electron chi connectivity index (χ1n) is 3.50. The normalized spacial score (nSPS) is 44.4. The second-order valence-corrected chi connectivity index (χ2v) is 2.66. The molecule has 13 heavy (non-hydrogen) atoms. The van der Waals surface area contributed by atoms with E-state index in [1.54, 1.807) is 0 Å². The number of hydrogen-bond acceptors (Lipinski definition) is 4. The van der Waals surface area contributed by atoms with E-state index in [2.05, 4.69) is 14.8 Å². The van der Waals surface area contributed by atoms with E-state index >= 15 is 0 Å². The summed E-state index contributed by atoms with van der Waals surface area (Å²) >= 11 is 0. The first-order chi connectivity index (χ1) is 6.07. The molecule has 0 amide bonds. The number of hydrogen-bond donors (Lipinski definition) is 2. The number of aliphatic hydroxyl groups is 2. The molecule has 0 aromatic carbocycles. The Labute approximate surface area is 74.3 Å². The van der Waals surface area contributed by atoms with E-state index in [9.17, 15) is 9.50 Å². The molecule has 1 rings (SSSR count). The minimum atomic E-state index is -1.99. The summed E-state index contributed by atoms with van der Waals surface area (Å²) in [5.41, 5.74) is 6.11. The highest BCUT2D eigenvalue weighted by atomic mass is 19.1. The maximum absolute atomic E-state index is 12.9. The van der Waals surface area contributed by atoms with Crippen molar-refractivity contribution < 1.29 is 19.3 Å². The molecule has 4 atom stereocenters. The van der Waals surface area contributed by atoms with Gasteiger partial charge < -0.3 is 14.9 Å². The smallest absolute Gasteiger partial charge is 0.198 e. The van der Waals surface area contributed by atoms with Gasteiger partial charge >= 0.3 is 0 Å². The minimum absolute atomic E-state index is 0.827. The molecule has 0 aliphatic carbocycles. The van der Waals surface area contributed by atoms with Gasteiger partial charge in [-0.3, -0.25) is 0 Å². The van der Waals surface area contributed by atoms with E-state index in [1.165, 1.54) is 0 Å². The molecule has 0 aromatic heterocycles. The van der Waals surface area contributed by atoms with E-state index in [0.717, 1.165) is 0 Å². The molecule has 0 bridgehead atoms. The fraction of sp³-hybridized carbons (Fsp3) is 1.00. The average molecular weight is 187 g/mol. The molecule has 0 saturated carbocycles. The molecule has 1 heterocycles. The number of rotatable bonds is 2. The van der Waals surface area contributed by atoms with Crippen molar-refractivity contribution >= 4 is 7.85 Å². The lowest BCUT2D eigenvalue weighted by molar-refractivity contribution is -0.0935. The molecule has 1 aliphatic rings. The molecule has 0 spiro atoms. The van der Waals surface area contributed by atoms with E-state index in [-0.39, 0.29) is 0 Å². The molecule has 2 N–H and O–H groups in total. The molecular formula is C5H7BFN3O3. The Morgan fingerprint density at radius 2 is 2.38 bits per heavy atom. The Morgan fingerprint density at radius 1 is 1.77 bits per heavy atom. The average Bonchev–Trinajstić information content (AvgIpc) is 2.32. The van der Waals surface area contributed by atoms with Crippen LogP contribution in [0.25, 0.3) is 10.4 Å². The van der Waals surface area contributed by atoms with Crippen LogP contribution in [0.2, 0.25) is 0 Å². The number of ether oxygens (including phenoxy) is 1. The standard InChI is InChI=1S/C5H7BFN3O3/c6-4-2(7)3(12)5(1-11,13-4)9-10-8/h2-4,11-12H,1H2. The van der Waals surface area contributed by atoms with Crippen LogP contribution >= 0.6 is 0 Å². The summed E-state index contributed by atoms with van der Waals surface area (Å²) in [6.45, 7) is -0.827. The van der Waals surface area contributed by atoms with Gasteiger partial charge in [-0.2, -0.15) is 0 Å². The lowest BCUT2D eigenvalue weighted by Crippen LogP contribution is -2.43. The summed E-state index contributed by atoms with van der Waals surface area (Å²) in [7, 11) is 5.10. The Bertz CT molecular complexity index is 249. The molecule has 1 saturated heterocycles. The van der Waals surface area contributed by atoms with E-state index < -0.39 is 30.6 Å². The lowest BCUT2D eigenvalue weighted by Gasteiger charge is -2.23. The van der Waals surface area contributed by atoms with Crippen molar-refractivity contribution in [2.45, 2.75) is 24.0 Å². The molecular weight excluding hydrogens is 180 g/mol. The van der Waals surface area contributed by atoms with Gasteiger partial charge in [0, 0.05) is 4.91 Å². The quantitative estimate of drug-likeness (QED) is 0.256. The predicted molar refractivity (Wildman–Crippen MR) is 40.5 cm³/mol. The van der Waals surface area contributed by atoms with Crippen molar-refractivity contribution in [2.75, 3.05) is 6.61 Å². The fourth-order valence-corrected chi connectivity index (χ4v) is 1.12. The zero-order valence-electron chi connectivity index (χ0n) is 6.54.